The molecule has 3 aromatic rings. The molecule has 0 saturated carbocycles. The van der Waals surface area contributed by atoms with Gasteiger partial charge in [0.25, 0.3) is 0 Å². The van der Waals surface area contributed by atoms with Crippen molar-refractivity contribution in [3.05, 3.63) is 51.3 Å². The molecule has 0 aliphatic carbocycles. The highest BCUT2D eigenvalue weighted by Crippen LogP contribution is 2.36. The summed E-state index contributed by atoms with van der Waals surface area (Å²) in [6, 6.07) is 6.52. The average molecular weight is 469 g/mol. The molecule has 2 N–H and O–H groups in total. The number of anilines is 1. The minimum absolute atomic E-state index is 0.191. The first kappa shape index (κ1) is 20.9. The maximum Gasteiger partial charge on any atom is 0.217 e. The first-order chi connectivity index (χ1) is 14.2. The van der Waals surface area contributed by atoms with Gasteiger partial charge < -0.3 is 15.2 Å². The minimum atomic E-state index is -0.191. The third-order valence-corrected chi connectivity index (χ3v) is 6.65. The zero-order chi connectivity index (χ0) is 21.6. The first-order valence-electron chi connectivity index (χ1n) is 10.5. The number of aryl methyl sites for hydroxylation is 4. The third-order valence-electron chi connectivity index (χ3n) is 6.19. The van der Waals surface area contributed by atoms with Crippen molar-refractivity contribution in [2.75, 3.05) is 18.0 Å². The Morgan fingerprint density at radius 1 is 1.10 bits per heavy atom. The second kappa shape index (κ2) is 8.06. The van der Waals surface area contributed by atoms with Crippen molar-refractivity contribution in [1.29, 1.82) is 0 Å². The number of carbonyl (C=O) groups is 1. The van der Waals surface area contributed by atoms with E-state index in [1.807, 2.05) is 0 Å². The van der Waals surface area contributed by atoms with Crippen molar-refractivity contribution in [3.8, 4) is 5.69 Å². The van der Waals surface area contributed by atoms with E-state index in [0.29, 0.717) is 12.3 Å². The second-order valence-corrected chi connectivity index (χ2v) is 9.57. The van der Waals surface area contributed by atoms with Crippen LogP contribution in [0.2, 0.25) is 0 Å². The molecular weight excluding hydrogens is 440 g/mol. The minimum Gasteiger partial charge on any atom is -0.371 e. The molecule has 1 aliphatic rings. The molecule has 1 saturated heterocycles. The summed E-state index contributed by atoms with van der Waals surface area (Å²) in [6.07, 6.45) is 4.70. The van der Waals surface area contributed by atoms with Crippen molar-refractivity contribution in [2.24, 2.45) is 11.7 Å². The second-order valence-electron chi connectivity index (χ2n) is 8.65. The van der Waals surface area contributed by atoms with Crippen LogP contribution in [0.1, 0.15) is 41.6 Å². The van der Waals surface area contributed by atoms with Crippen LogP contribution in [0.3, 0.4) is 0 Å². The molecule has 0 unspecified atom stereocenters. The van der Waals surface area contributed by atoms with Gasteiger partial charge in [0, 0.05) is 46.9 Å². The number of fused-ring (bicyclic) bond motifs is 1. The molecule has 158 valence electrons. The van der Waals surface area contributed by atoms with Gasteiger partial charge in [-0.15, -0.1) is 0 Å². The maximum absolute atomic E-state index is 11.3. The summed E-state index contributed by atoms with van der Waals surface area (Å²) >= 11 is 3.61. The molecule has 0 bridgehead atoms. The normalized spacial score (nSPS) is 15.2. The number of halogens is 1. The molecule has 1 aromatic carbocycles. The van der Waals surface area contributed by atoms with Crippen molar-refractivity contribution in [2.45, 2.75) is 47.0 Å². The molecule has 1 amide bonds. The van der Waals surface area contributed by atoms with Crippen LogP contribution >= 0.6 is 15.9 Å². The van der Waals surface area contributed by atoms with Gasteiger partial charge in [0.2, 0.25) is 5.91 Å². The summed E-state index contributed by atoms with van der Waals surface area (Å²) < 4.78 is 3.34. The predicted molar refractivity (Wildman–Crippen MR) is 126 cm³/mol. The van der Waals surface area contributed by atoms with Crippen LogP contribution in [0.15, 0.2) is 28.9 Å². The summed E-state index contributed by atoms with van der Waals surface area (Å²) in [5.41, 5.74) is 13.5. The summed E-state index contributed by atoms with van der Waals surface area (Å²) in [6.45, 7) is 10.4. The Labute approximate surface area is 186 Å². The molecule has 1 fully saturated rings. The number of rotatable bonds is 4. The van der Waals surface area contributed by atoms with Crippen molar-refractivity contribution in [3.63, 3.8) is 0 Å². The van der Waals surface area contributed by atoms with E-state index in [4.69, 9.17) is 10.7 Å². The first-order valence-corrected chi connectivity index (χ1v) is 11.3. The maximum atomic E-state index is 11.3. The van der Waals surface area contributed by atoms with Gasteiger partial charge in [0.05, 0.1) is 5.69 Å². The number of hydrogen-bond acceptors (Lipinski definition) is 3. The lowest BCUT2D eigenvalue weighted by Gasteiger charge is -2.34. The molecule has 0 atom stereocenters. The van der Waals surface area contributed by atoms with E-state index in [1.54, 1.807) is 0 Å². The number of hydrogen-bond donors (Lipinski definition) is 1. The number of aromatic nitrogens is 2. The molecule has 4 rings (SSSR count). The average Bonchev–Trinajstić information content (AvgIpc) is 2.96. The highest BCUT2D eigenvalue weighted by Gasteiger charge is 2.24. The van der Waals surface area contributed by atoms with Gasteiger partial charge >= 0.3 is 0 Å². The van der Waals surface area contributed by atoms with Gasteiger partial charge in [0.15, 0.2) is 0 Å². The van der Waals surface area contributed by atoms with E-state index < -0.39 is 0 Å². The number of piperidine rings is 1. The van der Waals surface area contributed by atoms with Gasteiger partial charge in [-0.05, 0) is 81.3 Å². The van der Waals surface area contributed by atoms with E-state index in [2.05, 4.69) is 77.5 Å². The molecule has 5 nitrogen and oxygen atoms in total. The van der Waals surface area contributed by atoms with Crippen molar-refractivity contribution >= 4 is 38.6 Å². The summed E-state index contributed by atoms with van der Waals surface area (Å²) in [7, 11) is 0. The lowest BCUT2D eigenvalue weighted by molar-refractivity contribution is -0.119. The SMILES string of the molecule is Cc1cc(N2CCC(CC(N)=O)CC2)c2c(C)cn(-c3c(C)cc(Br)cc3C)c2n1. The van der Waals surface area contributed by atoms with Crippen LogP contribution in [-0.4, -0.2) is 28.5 Å². The molecule has 0 spiro atoms. The number of benzene rings is 1. The van der Waals surface area contributed by atoms with E-state index in [9.17, 15) is 4.79 Å². The van der Waals surface area contributed by atoms with Gasteiger partial charge in [-0.3, -0.25) is 4.79 Å². The smallest absolute Gasteiger partial charge is 0.217 e. The van der Waals surface area contributed by atoms with Crippen LogP contribution in [0.25, 0.3) is 16.7 Å². The molecule has 1 aliphatic heterocycles. The molecule has 6 heteroatoms. The highest BCUT2D eigenvalue weighted by atomic mass is 79.9. The summed E-state index contributed by atoms with van der Waals surface area (Å²) in [5, 5.41) is 1.22. The van der Waals surface area contributed by atoms with Gasteiger partial charge in [-0.1, -0.05) is 15.9 Å². The quantitative estimate of drug-likeness (QED) is 0.578. The fourth-order valence-electron chi connectivity index (χ4n) is 4.88. The molecule has 0 radical (unpaired) electrons. The zero-order valence-corrected chi connectivity index (χ0v) is 19.7. The Balaban J connectivity index is 1.79. The summed E-state index contributed by atoms with van der Waals surface area (Å²) in [4.78, 5) is 18.7. The highest BCUT2D eigenvalue weighted by molar-refractivity contribution is 9.10. The Hall–Kier alpha value is -2.34. The van der Waals surface area contributed by atoms with Crippen LogP contribution < -0.4 is 10.6 Å². The van der Waals surface area contributed by atoms with E-state index in [1.165, 1.54) is 33.5 Å². The van der Waals surface area contributed by atoms with Gasteiger partial charge in [-0.25, -0.2) is 4.98 Å². The van der Waals surface area contributed by atoms with E-state index in [0.717, 1.165) is 41.7 Å². The molecule has 2 aromatic heterocycles. The number of carbonyl (C=O) groups excluding carboxylic acids is 1. The number of nitrogens with zero attached hydrogens (tertiary/aromatic N) is 3. The topological polar surface area (TPSA) is 64.2 Å². The Morgan fingerprint density at radius 3 is 2.33 bits per heavy atom. The molecular formula is C24H29BrN4O. The van der Waals surface area contributed by atoms with E-state index in [-0.39, 0.29) is 5.91 Å². The predicted octanol–water partition coefficient (Wildman–Crippen LogP) is 5.11. The van der Waals surface area contributed by atoms with Crippen LogP contribution in [-0.2, 0) is 4.79 Å². The van der Waals surface area contributed by atoms with Crippen molar-refractivity contribution < 1.29 is 4.79 Å². The van der Waals surface area contributed by atoms with Crippen LogP contribution in [0.4, 0.5) is 5.69 Å². The molecule has 3 heterocycles. The summed E-state index contributed by atoms with van der Waals surface area (Å²) in [5.74, 6) is 0.208. The number of nitrogens with two attached hydrogens (primary N) is 1. The Bertz CT molecular complexity index is 1100. The fourth-order valence-corrected chi connectivity index (χ4v) is 5.56. The van der Waals surface area contributed by atoms with E-state index >= 15 is 0 Å². The monoisotopic (exact) mass is 468 g/mol. The Morgan fingerprint density at radius 2 is 1.73 bits per heavy atom. The lowest BCUT2D eigenvalue weighted by Crippen LogP contribution is -2.35. The number of pyridine rings is 1. The Kier molecular flexibility index (Phi) is 5.62. The zero-order valence-electron chi connectivity index (χ0n) is 18.1. The molecule has 30 heavy (non-hydrogen) atoms. The lowest BCUT2D eigenvalue weighted by atomic mass is 9.93. The van der Waals surface area contributed by atoms with Gasteiger partial charge in [0.1, 0.15) is 5.65 Å². The van der Waals surface area contributed by atoms with Crippen molar-refractivity contribution in [1.82, 2.24) is 9.55 Å². The largest absolute Gasteiger partial charge is 0.371 e. The van der Waals surface area contributed by atoms with Gasteiger partial charge in [-0.2, -0.15) is 0 Å². The number of amides is 1. The van der Waals surface area contributed by atoms with Crippen LogP contribution in [0.5, 0.6) is 0 Å². The third kappa shape index (κ3) is 3.85. The number of primary amides is 1. The standard InChI is InChI=1S/C24H29BrN4O/c1-14-9-19(25)10-15(2)23(14)29-13-16(3)22-20(11-17(4)27-24(22)29)28-7-5-18(6-8-28)12-21(26)30/h9-11,13,18H,5-8,12H2,1-4H3,(H2,26,30). The van der Waals surface area contributed by atoms with Crippen LogP contribution in [0, 0.1) is 33.6 Å². The fraction of sp³-hybridized carbons (Fsp3) is 0.417.